The van der Waals surface area contributed by atoms with Gasteiger partial charge in [-0.2, -0.15) is 0 Å². The molecule has 0 radical (unpaired) electrons. The third kappa shape index (κ3) is 4.50. The van der Waals surface area contributed by atoms with E-state index in [9.17, 15) is 0 Å². The number of nitrogens with zero attached hydrogens (tertiary/aromatic N) is 1. The molecule has 1 aliphatic rings. The molecule has 106 valence electrons. The SMILES string of the molecule is COc1cc(C)nc(CNCC2CCC(C)CC2)c1. The summed E-state index contributed by atoms with van der Waals surface area (Å²) < 4.78 is 5.28. The Balaban J connectivity index is 1.77. The number of methoxy groups -OCH3 is 1. The molecule has 19 heavy (non-hydrogen) atoms. The van der Waals surface area contributed by atoms with Crippen LogP contribution in [-0.4, -0.2) is 18.6 Å². The molecule has 3 heteroatoms. The molecule has 0 unspecified atom stereocenters. The fourth-order valence-corrected chi connectivity index (χ4v) is 2.85. The summed E-state index contributed by atoms with van der Waals surface area (Å²) >= 11 is 0. The Kier molecular flexibility index (Phi) is 5.20. The van der Waals surface area contributed by atoms with E-state index in [-0.39, 0.29) is 0 Å². The predicted octanol–water partition coefficient (Wildman–Crippen LogP) is 3.31. The van der Waals surface area contributed by atoms with Gasteiger partial charge in [0.15, 0.2) is 0 Å². The standard InChI is InChI=1S/C16H26N2O/c1-12-4-6-14(7-5-12)10-17-11-15-9-16(19-3)8-13(2)18-15/h8-9,12,14,17H,4-7,10-11H2,1-3H3. The number of rotatable bonds is 5. The van der Waals surface area contributed by atoms with Gasteiger partial charge in [0.1, 0.15) is 5.75 Å². The van der Waals surface area contributed by atoms with E-state index in [1.165, 1.54) is 25.7 Å². The normalized spacial score (nSPS) is 23.3. The van der Waals surface area contributed by atoms with Crippen molar-refractivity contribution in [2.45, 2.75) is 46.1 Å². The van der Waals surface area contributed by atoms with Gasteiger partial charge in [-0.15, -0.1) is 0 Å². The highest BCUT2D eigenvalue weighted by molar-refractivity contribution is 5.26. The highest BCUT2D eigenvalue weighted by Gasteiger charge is 2.17. The van der Waals surface area contributed by atoms with Crippen LogP contribution in [0.25, 0.3) is 0 Å². The van der Waals surface area contributed by atoms with Gasteiger partial charge in [0.25, 0.3) is 0 Å². The van der Waals surface area contributed by atoms with Crippen molar-refractivity contribution in [2.24, 2.45) is 11.8 Å². The van der Waals surface area contributed by atoms with Crippen LogP contribution >= 0.6 is 0 Å². The fraction of sp³-hybridized carbons (Fsp3) is 0.688. The number of aromatic nitrogens is 1. The fourth-order valence-electron chi connectivity index (χ4n) is 2.85. The van der Waals surface area contributed by atoms with E-state index < -0.39 is 0 Å². The molecule has 0 aliphatic heterocycles. The highest BCUT2D eigenvalue weighted by Crippen LogP contribution is 2.27. The summed E-state index contributed by atoms with van der Waals surface area (Å²) in [4.78, 5) is 4.53. The maximum atomic E-state index is 5.28. The minimum atomic E-state index is 0.837. The van der Waals surface area contributed by atoms with Gasteiger partial charge in [0.05, 0.1) is 12.8 Å². The van der Waals surface area contributed by atoms with Gasteiger partial charge < -0.3 is 10.1 Å². The maximum Gasteiger partial charge on any atom is 0.122 e. The summed E-state index contributed by atoms with van der Waals surface area (Å²) in [7, 11) is 1.70. The summed E-state index contributed by atoms with van der Waals surface area (Å²) in [5.41, 5.74) is 2.09. The zero-order valence-electron chi connectivity index (χ0n) is 12.4. The zero-order chi connectivity index (χ0) is 13.7. The molecule has 1 aromatic rings. The van der Waals surface area contributed by atoms with Gasteiger partial charge in [0, 0.05) is 24.4 Å². The second-order valence-electron chi connectivity index (χ2n) is 5.90. The molecule has 0 atom stereocenters. The Bertz CT molecular complexity index is 398. The van der Waals surface area contributed by atoms with Crippen molar-refractivity contribution >= 4 is 0 Å². The number of pyridine rings is 1. The van der Waals surface area contributed by atoms with Gasteiger partial charge in [-0.05, 0) is 38.1 Å². The first-order valence-electron chi connectivity index (χ1n) is 7.39. The van der Waals surface area contributed by atoms with Gasteiger partial charge in [-0.3, -0.25) is 4.98 Å². The number of ether oxygens (including phenoxy) is 1. The summed E-state index contributed by atoms with van der Waals surface area (Å²) in [6.45, 7) is 6.33. The van der Waals surface area contributed by atoms with Crippen molar-refractivity contribution in [2.75, 3.05) is 13.7 Å². The van der Waals surface area contributed by atoms with Gasteiger partial charge in [-0.25, -0.2) is 0 Å². The van der Waals surface area contributed by atoms with Crippen LogP contribution < -0.4 is 10.1 Å². The Labute approximate surface area is 116 Å². The number of aryl methyl sites for hydroxylation is 1. The van der Waals surface area contributed by atoms with Crippen LogP contribution in [0, 0.1) is 18.8 Å². The zero-order valence-corrected chi connectivity index (χ0v) is 12.4. The smallest absolute Gasteiger partial charge is 0.122 e. The van der Waals surface area contributed by atoms with E-state index in [4.69, 9.17) is 4.74 Å². The average Bonchev–Trinajstić information content (AvgIpc) is 2.40. The first-order chi connectivity index (χ1) is 9.17. The summed E-state index contributed by atoms with van der Waals surface area (Å²) in [6, 6.07) is 3.98. The third-order valence-electron chi connectivity index (χ3n) is 4.09. The lowest BCUT2D eigenvalue weighted by Crippen LogP contribution is -2.26. The van der Waals surface area contributed by atoms with Crippen molar-refractivity contribution in [1.29, 1.82) is 0 Å². The summed E-state index contributed by atoms with van der Waals surface area (Å²) in [5, 5.41) is 3.55. The molecular formula is C16H26N2O. The lowest BCUT2D eigenvalue weighted by molar-refractivity contribution is 0.281. The molecule has 1 fully saturated rings. The van der Waals surface area contributed by atoms with E-state index in [2.05, 4.69) is 17.2 Å². The van der Waals surface area contributed by atoms with Gasteiger partial charge >= 0.3 is 0 Å². The number of hydrogen-bond acceptors (Lipinski definition) is 3. The van der Waals surface area contributed by atoms with Crippen molar-refractivity contribution in [3.63, 3.8) is 0 Å². The van der Waals surface area contributed by atoms with Crippen LogP contribution in [0.3, 0.4) is 0 Å². The highest BCUT2D eigenvalue weighted by atomic mass is 16.5. The Morgan fingerprint density at radius 1 is 1.26 bits per heavy atom. The first-order valence-corrected chi connectivity index (χ1v) is 7.39. The molecule has 1 aromatic heterocycles. The molecule has 0 spiro atoms. The first kappa shape index (κ1) is 14.3. The molecule has 0 saturated heterocycles. The second kappa shape index (κ2) is 6.90. The maximum absolute atomic E-state index is 5.28. The van der Waals surface area contributed by atoms with Gasteiger partial charge in [-0.1, -0.05) is 19.8 Å². The molecule has 0 bridgehead atoms. The molecule has 1 N–H and O–H groups in total. The van der Waals surface area contributed by atoms with Crippen LogP contribution in [0.5, 0.6) is 5.75 Å². The van der Waals surface area contributed by atoms with E-state index in [0.717, 1.165) is 42.1 Å². The van der Waals surface area contributed by atoms with Crippen molar-refractivity contribution < 1.29 is 4.74 Å². The second-order valence-corrected chi connectivity index (χ2v) is 5.90. The molecule has 0 aromatic carbocycles. The monoisotopic (exact) mass is 262 g/mol. The molecule has 1 heterocycles. The number of hydrogen-bond donors (Lipinski definition) is 1. The average molecular weight is 262 g/mol. The molecule has 0 amide bonds. The molecule has 1 aliphatic carbocycles. The van der Waals surface area contributed by atoms with Crippen molar-refractivity contribution in [1.82, 2.24) is 10.3 Å². The largest absolute Gasteiger partial charge is 0.497 e. The minimum Gasteiger partial charge on any atom is -0.497 e. The van der Waals surface area contributed by atoms with Crippen molar-refractivity contribution in [3.05, 3.63) is 23.5 Å². The van der Waals surface area contributed by atoms with Crippen LogP contribution in [-0.2, 0) is 6.54 Å². The van der Waals surface area contributed by atoms with E-state index in [0.29, 0.717) is 0 Å². The van der Waals surface area contributed by atoms with Crippen LogP contribution in [0.2, 0.25) is 0 Å². The topological polar surface area (TPSA) is 34.1 Å². The van der Waals surface area contributed by atoms with E-state index in [1.54, 1.807) is 7.11 Å². The lowest BCUT2D eigenvalue weighted by atomic mass is 9.83. The molecule has 1 saturated carbocycles. The number of nitrogens with one attached hydrogen (secondary N) is 1. The summed E-state index contributed by atoms with van der Waals surface area (Å²) in [6.07, 6.45) is 5.53. The van der Waals surface area contributed by atoms with Crippen molar-refractivity contribution in [3.8, 4) is 5.75 Å². The quantitative estimate of drug-likeness (QED) is 0.884. The molecular weight excluding hydrogens is 236 g/mol. The molecule has 2 rings (SSSR count). The van der Waals surface area contributed by atoms with Crippen LogP contribution in [0.15, 0.2) is 12.1 Å². The van der Waals surface area contributed by atoms with Crippen LogP contribution in [0.1, 0.15) is 44.0 Å². The van der Waals surface area contributed by atoms with E-state index >= 15 is 0 Å². The Morgan fingerprint density at radius 2 is 2.00 bits per heavy atom. The Morgan fingerprint density at radius 3 is 2.68 bits per heavy atom. The molecule has 3 nitrogen and oxygen atoms in total. The lowest BCUT2D eigenvalue weighted by Gasteiger charge is -2.26. The van der Waals surface area contributed by atoms with E-state index in [1.807, 2.05) is 19.1 Å². The minimum absolute atomic E-state index is 0.837. The van der Waals surface area contributed by atoms with Crippen LogP contribution in [0.4, 0.5) is 0 Å². The Hall–Kier alpha value is -1.09. The third-order valence-corrected chi connectivity index (χ3v) is 4.09. The summed E-state index contributed by atoms with van der Waals surface area (Å²) in [5.74, 6) is 2.68. The van der Waals surface area contributed by atoms with Gasteiger partial charge in [0.2, 0.25) is 0 Å². The predicted molar refractivity (Wildman–Crippen MR) is 78.4 cm³/mol.